The first-order chi connectivity index (χ1) is 7.31. The van der Waals surface area contributed by atoms with Crippen LogP contribution >= 0.6 is 31.9 Å². The molecule has 0 spiro atoms. The number of hydrogen-bond donors (Lipinski definition) is 0. The summed E-state index contributed by atoms with van der Waals surface area (Å²) in [6.45, 7) is 0. The lowest BCUT2D eigenvalue weighted by Gasteiger charge is -2.21. The van der Waals surface area contributed by atoms with E-state index in [0.29, 0.717) is 5.92 Å². The van der Waals surface area contributed by atoms with E-state index in [0.717, 1.165) is 11.2 Å². The quantitative estimate of drug-likeness (QED) is 0.674. The molecule has 0 radical (unpaired) electrons. The molecule has 2 rings (SSSR count). The smallest absolute Gasteiger partial charge is 0.0178 e. The van der Waals surface area contributed by atoms with Crippen LogP contribution in [-0.4, -0.2) is 5.33 Å². The van der Waals surface area contributed by atoms with Crippen LogP contribution in [0.4, 0.5) is 0 Å². The first-order valence-corrected chi connectivity index (χ1v) is 7.54. The van der Waals surface area contributed by atoms with Crippen LogP contribution in [0.5, 0.6) is 0 Å². The summed E-state index contributed by atoms with van der Waals surface area (Å²) in [6.07, 6.45) is 5.65. The third-order valence-electron chi connectivity index (χ3n) is 3.41. The molecule has 82 valence electrons. The van der Waals surface area contributed by atoms with Crippen molar-refractivity contribution in [3.63, 3.8) is 0 Å². The fraction of sp³-hybridized carbons (Fsp3) is 0.538. The Morgan fingerprint density at radius 1 is 1.27 bits per heavy atom. The lowest BCUT2D eigenvalue weighted by molar-refractivity contribution is 0.468. The highest BCUT2D eigenvalue weighted by Crippen LogP contribution is 2.38. The van der Waals surface area contributed by atoms with E-state index in [-0.39, 0.29) is 0 Å². The van der Waals surface area contributed by atoms with Gasteiger partial charge < -0.3 is 0 Å². The number of rotatable bonds is 3. The molecule has 0 aliphatic heterocycles. The van der Waals surface area contributed by atoms with Crippen molar-refractivity contribution >= 4 is 31.9 Å². The molecule has 2 heteroatoms. The maximum absolute atomic E-state index is 3.67. The van der Waals surface area contributed by atoms with Crippen molar-refractivity contribution in [2.75, 3.05) is 5.33 Å². The first-order valence-electron chi connectivity index (χ1n) is 5.62. The van der Waals surface area contributed by atoms with Crippen LogP contribution in [0, 0.1) is 5.92 Å². The summed E-state index contributed by atoms with van der Waals surface area (Å²) in [5, 5.41) is 1.09. The molecule has 0 amide bonds. The predicted octanol–water partition coefficient (Wildman–Crippen LogP) is 5.12. The normalized spacial score (nSPS) is 19.3. The lowest BCUT2D eigenvalue weighted by atomic mass is 9.86. The van der Waals surface area contributed by atoms with Crippen LogP contribution in [0.1, 0.15) is 37.2 Å². The van der Waals surface area contributed by atoms with Crippen molar-refractivity contribution in [1.29, 1.82) is 0 Å². The molecule has 0 nitrogen and oxygen atoms in total. The summed E-state index contributed by atoms with van der Waals surface area (Å²) in [6, 6.07) is 8.77. The Kier molecular flexibility index (Phi) is 4.27. The summed E-state index contributed by atoms with van der Waals surface area (Å²) >= 11 is 7.22. The Hall–Kier alpha value is 0.180. The lowest BCUT2D eigenvalue weighted by Crippen LogP contribution is -2.11. The number of hydrogen-bond acceptors (Lipinski definition) is 0. The highest BCUT2D eigenvalue weighted by Gasteiger charge is 2.25. The molecule has 0 heterocycles. The van der Waals surface area contributed by atoms with Gasteiger partial charge in [0, 0.05) is 9.80 Å². The second-order valence-corrected chi connectivity index (χ2v) is 5.92. The highest BCUT2D eigenvalue weighted by molar-refractivity contribution is 9.10. The van der Waals surface area contributed by atoms with Gasteiger partial charge in [-0.3, -0.25) is 0 Å². The molecule has 0 N–H and O–H groups in total. The molecular formula is C13H16Br2. The molecule has 1 aliphatic carbocycles. The van der Waals surface area contributed by atoms with Gasteiger partial charge in [-0.05, 0) is 42.4 Å². The summed E-state index contributed by atoms with van der Waals surface area (Å²) in [5.74, 6) is 1.59. The Labute approximate surface area is 109 Å². The maximum atomic E-state index is 3.67. The van der Waals surface area contributed by atoms with Crippen LogP contribution in [0.2, 0.25) is 0 Å². The summed E-state index contributed by atoms with van der Waals surface area (Å²) in [7, 11) is 0. The summed E-state index contributed by atoms with van der Waals surface area (Å²) in [4.78, 5) is 0. The third kappa shape index (κ3) is 2.85. The Morgan fingerprint density at radius 2 is 2.00 bits per heavy atom. The predicted molar refractivity (Wildman–Crippen MR) is 72.6 cm³/mol. The van der Waals surface area contributed by atoms with Gasteiger partial charge in [0.25, 0.3) is 0 Å². The van der Waals surface area contributed by atoms with Gasteiger partial charge in [0.05, 0.1) is 0 Å². The molecule has 0 bridgehead atoms. The van der Waals surface area contributed by atoms with E-state index in [1.165, 1.54) is 35.7 Å². The molecule has 1 fully saturated rings. The molecule has 1 unspecified atom stereocenters. The van der Waals surface area contributed by atoms with Gasteiger partial charge in [-0.1, -0.05) is 56.8 Å². The van der Waals surface area contributed by atoms with Crippen molar-refractivity contribution in [3.8, 4) is 0 Å². The molecule has 1 aromatic rings. The van der Waals surface area contributed by atoms with Gasteiger partial charge >= 0.3 is 0 Å². The molecule has 0 saturated heterocycles. The zero-order valence-electron chi connectivity index (χ0n) is 8.76. The average molecular weight is 332 g/mol. The van der Waals surface area contributed by atoms with E-state index in [2.05, 4.69) is 56.1 Å². The molecule has 1 saturated carbocycles. The van der Waals surface area contributed by atoms with E-state index in [9.17, 15) is 0 Å². The van der Waals surface area contributed by atoms with Crippen molar-refractivity contribution in [2.45, 2.75) is 31.6 Å². The molecular weight excluding hydrogens is 316 g/mol. The second-order valence-electron chi connectivity index (χ2n) is 4.36. The minimum absolute atomic E-state index is 0.699. The minimum Gasteiger partial charge on any atom is -0.0921 e. The van der Waals surface area contributed by atoms with Crippen LogP contribution in [-0.2, 0) is 0 Å². The molecule has 1 aromatic carbocycles. The summed E-state index contributed by atoms with van der Waals surface area (Å²) in [5.41, 5.74) is 1.48. The highest BCUT2D eigenvalue weighted by atomic mass is 79.9. The van der Waals surface area contributed by atoms with Crippen LogP contribution in [0.15, 0.2) is 28.7 Å². The number of alkyl halides is 1. The van der Waals surface area contributed by atoms with Gasteiger partial charge in [-0.15, -0.1) is 0 Å². The van der Waals surface area contributed by atoms with E-state index in [1.54, 1.807) is 0 Å². The van der Waals surface area contributed by atoms with Gasteiger partial charge in [-0.25, -0.2) is 0 Å². The van der Waals surface area contributed by atoms with E-state index < -0.39 is 0 Å². The average Bonchev–Trinajstić information content (AvgIpc) is 2.72. The van der Waals surface area contributed by atoms with Gasteiger partial charge in [0.15, 0.2) is 0 Å². The van der Waals surface area contributed by atoms with Crippen LogP contribution in [0.25, 0.3) is 0 Å². The molecule has 1 atom stereocenters. The van der Waals surface area contributed by atoms with Gasteiger partial charge in [0.1, 0.15) is 0 Å². The molecule has 15 heavy (non-hydrogen) atoms. The zero-order valence-corrected chi connectivity index (χ0v) is 11.9. The Balaban J connectivity index is 2.18. The topological polar surface area (TPSA) is 0 Å². The Morgan fingerprint density at radius 3 is 2.60 bits per heavy atom. The van der Waals surface area contributed by atoms with Crippen LogP contribution in [0.3, 0.4) is 0 Å². The first kappa shape index (κ1) is 11.7. The Bertz CT molecular complexity index is 316. The van der Waals surface area contributed by atoms with Gasteiger partial charge in [-0.2, -0.15) is 0 Å². The fourth-order valence-electron chi connectivity index (χ4n) is 2.58. The maximum Gasteiger partial charge on any atom is 0.0178 e. The monoisotopic (exact) mass is 330 g/mol. The van der Waals surface area contributed by atoms with Crippen molar-refractivity contribution < 1.29 is 0 Å². The van der Waals surface area contributed by atoms with Crippen molar-refractivity contribution in [3.05, 3.63) is 34.3 Å². The third-order valence-corrected chi connectivity index (χ3v) is 4.60. The van der Waals surface area contributed by atoms with E-state index in [1.807, 2.05) is 0 Å². The van der Waals surface area contributed by atoms with Crippen LogP contribution < -0.4 is 0 Å². The SMILES string of the molecule is BrCC(c1cccc(Br)c1)C1CCCC1. The zero-order chi connectivity index (χ0) is 10.7. The second kappa shape index (κ2) is 5.49. The largest absolute Gasteiger partial charge is 0.0921 e. The van der Waals surface area contributed by atoms with Gasteiger partial charge in [0.2, 0.25) is 0 Å². The number of halogens is 2. The van der Waals surface area contributed by atoms with E-state index in [4.69, 9.17) is 0 Å². The summed E-state index contributed by atoms with van der Waals surface area (Å²) < 4.78 is 1.20. The van der Waals surface area contributed by atoms with E-state index >= 15 is 0 Å². The fourth-order valence-corrected chi connectivity index (χ4v) is 3.90. The molecule has 1 aliphatic rings. The van der Waals surface area contributed by atoms with Crippen molar-refractivity contribution in [1.82, 2.24) is 0 Å². The van der Waals surface area contributed by atoms with Crippen molar-refractivity contribution in [2.24, 2.45) is 5.92 Å². The number of benzene rings is 1. The standard InChI is InChI=1S/C13H16Br2/c14-9-13(10-4-1-2-5-10)11-6-3-7-12(15)8-11/h3,6-8,10,13H,1-2,4-5,9H2. The minimum atomic E-state index is 0.699. The molecule has 0 aromatic heterocycles.